The van der Waals surface area contributed by atoms with Crippen LogP contribution < -0.4 is 10.1 Å². The Morgan fingerprint density at radius 3 is 2.32 bits per heavy atom. The summed E-state index contributed by atoms with van der Waals surface area (Å²) in [6.45, 7) is 0.926. The van der Waals surface area contributed by atoms with Crippen LogP contribution in [0.15, 0.2) is 82.2 Å². The standard InChI is InChI=1S/C25H23BrN2O5S/c26-22-13-12-19(16-23(22)34(31,32)28-14-5-2-6-15-28)25(30)33-21-11-7-10-20(17-21)27-24(29)18-8-3-1-4-9-18/h1,3-4,7-13,16-17H,2,5-6,14-15H2,(H,27,29). The van der Waals surface area contributed by atoms with E-state index in [4.69, 9.17) is 4.74 Å². The van der Waals surface area contributed by atoms with Crippen molar-refractivity contribution in [1.29, 1.82) is 0 Å². The van der Waals surface area contributed by atoms with Crippen LogP contribution in [0.5, 0.6) is 5.75 Å². The molecule has 1 N–H and O–H groups in total. The fraction of sp³-hybridized carbons (Fsp3) is 0.200. The van der Waals surface area contributed by atoms with E-state index in [0.717, 1.165) is 19.3 Å². The summed E-state index contributed by atoms with van der Waals surface area (Å²) in [7, 11) is -3.74. The fourth-order valence-corrected chi connectivity index (χ4v) is 6.14. The molecule has 9 heteroatoms. The lowest BCUT2D eigenvalue weighted by atomic mass is 10.2. The minimum atomic E-state index is -3.74. The fourth-order valence-electron chi connectivity index (χ4n) is 3.67. The third kappa shape index (κ3) is 5.55. The van der Waals surface area contributed by atoms with E-state index >= 15 is 0 Å². The molecule has 0 saturated carbocycles. The Morgan fingerprint density at radius 2 is 1.59 bits per heavy atom. The van der Waals surface area contributed by atoms with Gasteiger partial charge in [0.25, 0.3) is 5.91 Å². The van der Waals surface area contributed by atoms with Crippen molar-refractivity contribution >= 4 is 43.5 Å². The third-order valence-electron chi connectivity index (χ3n) is 5.44. The van der Waals surface area contributed by atoms with Gasteiger partial charge in [-0.25, -0.2) is 13.2 Å². The zero-order valence-electron chi connectivity index (χ0n) is 18.2. The van der Waals surface area contributed by atoms with Gasteiger partial charge in [0.1, 0.15) is 5.75 Å². The first-order valence-electron chi connectivity index (χ1n) is 10.8. The molecule has 3 aromatic rings. The monoisotopic (exact) mass is 542 g/mol. The summed E-state index contributed by atoms with van der Waals surface area (Å²) in [5.41, 5.74) is 1.07. The zero-order chi connectivity index (χ0) is 24.1. The highest BCUT2D eigenvalue weighted by Crippen LogP contribution is 2.29. The van der Waals surface area contributed by atoms with Crippen molar-refractivity contribution in [1.82, 2.24) is 4.31 Å². The van der Waals surface area contributed by atoms with Crippen molar-refractivity contribution in [3.05, 3.63) is 88.4 Å². The average molecular weight is 543 g/mol. The summed E-state index contributed by atoms with van der Waals surface area (Å²) in [6, 6.07) is 19.6. The Bertz CT molecular complexity index is 1310. The molecule has 0 atom stereocenters. The number of hydrogen-bond donors (Lipinski definition) is 1. The molecule has 3 aromatic carbocycles. The quantitative estimate of drug-likeness (QED) is 0.345. The highest BCUT2D eigenvalue weighted by Gasteiger charge is 2.29. The predicted octanol–water partition coefficient (Wildman–Crippen LogP) is 5.10. The molecule has 1 amide bonds. The molecule has 0 aliphatic carbocycles. The van der Waals surface area contributed by atoms with Gasteiger partial charge in [0, 0.05) is 34.9 Å². The molecule has 0 aromatic heterocycles. The molecule has 1 heterocycles. The Labute approximate surface area is 206 Å². The lowest BCUT2D eigenvalue weighted by molar-refractivity contribution is 0.0734. The molecule has 1 aliphatic rings. The van der Waals surface area contributed by atoms with E-state index in [1.165, 1.54) is 28.6 Å². The average Bonchev–Trinajstić information content (AvgIpc) is 2.85. The van der Waals surface area contributed by atoms with Crippen LogP contribution in [0.3, 0.4) is 0 Å². The van der Waals surface area contributed by atoms with Crippen LogP contribution in [0, 0.1) is 0 Å². The van der Waals surface area contributed by atoms with Crippen molar-refractivity contribution in [2.24, 2.45) is 0 Å². The lowest BCUT2D eigenvalue weighted by Crippen LogP contribution is -2.35. The maximum absolute atomic E-state index is 13.1. The molecule has 1 saturated heterocycles. The minimum Gasteiger partial charge on any atom is -0.423 e. The van der Waals surface area contributed by atoms with Crippen molar-refractivity contribution in [3.63, 3.8) is 0 Å². The first-order valence-corrected chi connectivity index (χ1v) is 13.1. The number of carbonyl (C=O) groups is 2. The van der Waals surface area contributed by atoms with Crippen LogP contribution in [0.2, 0.25) is 0 Å². The molecule has 176 valence electrons. The topological polar surface area (TPSA) is 92.8 Å². The van der Waals surface area contributed by atoms with Crippen LogP contribution in [0.4, 0.5) is 5.69 Å². The molecular weight excluding hydrogens is 520 g/mol. The van der Waals surface area contributed by atoms with Gasteiger partial charge in [0.15, 0.2) is 0 Å². The van der Waals surface area contributed by atoms with E-state index < -0.39 is 16.0 Å². The number of amides is 1. The minimum absolute atomic E-state index is 0.0349. The van der Waals surface area contributed by atoms with Crippen LogP contribution >= 0.6 is 15.9 Å². The molecule has 7 nitrogen and oxygen atoms in total. The first-order chi connectivity index (χ1) is 16.3. The summed E-state index contributed by atoms with van der Waals surface area (Å²) in [6.07, 6.45) is 2.63. The van der Waals surface area contributed by atoms with Gasteiger partial charge < -0.3 is 10.1 Å². The number of piperidine rings is 1. The summed E-state index contributed by atoms with van der Waals surface area (Å²) >= 11 is 3.30. The van der Waals surface area contributed by atoms with Gasteiger partial charge in [-0.3, -0.25) is 4.79 Å². The highest BCUT2D eigenvalue weighted by molar-refractivity contribution is 9.10. The molecule has 0 radical (unpaired) electrons. The van der Waals surface area contributed by atoms with E-state index in [2.05, 4.69) is 21.2 Å². The molecule has 4 rings (SSSR count). The van der Waals surface area contributed by atoms with E-state index in [9.17, 15) is 18.0 Å². The van der Waals surface area contributed by atoms with Gasteiger partial charge >= 0.3 is 5.97 Å². The Morgan fingerprint density at radius 1 is 0.853 bits per heavy atom. The first kappa shape index (κ1) is 24.1. The number of ether oxygens (including phenoxy) is 1. The van der Waals surface area contributed by atoms with Gasteiger partial charge in [-0.05, 0) is 71.2 Å². The number of hydrogen-bond acceptors (Lipinski definition) is 5. The van der Waals surface area contributed by atoms with Gasteiger partial charge in [-0.2, -0.15) is 4.31 Å². The molecule has 34 heavy (non-hydrogen) atoms. The number of esters is 1. The van der Waals surface area contributed by atoms with E-state index in [1.54, 1.807) is 42.5 Å². The van der Waals surface area contributed by atoms with Gasteiger partial charge in [0.05, 0.1) is 10.5 Å². The molecular formula is C25H23BrN2O5S. The second-order valence-electron chi connectivity index (χ2n) is 7.85. The van der Waals surface area contributed by atoms with E-state index in [1.807, 2.05) is 6.07 Å². The number of halogens is 1. The van der Waals surface area contributed by atoms with Crippen molar-refractivity contribution < 1.29 is 22.7 Å². The number of anilines is 1. The largest absolute Gasteiger partial charge is 0.423 e. The van der Waals surface area contributed by atoms with E-state index in [0.29, 0.717) is 28.8 Å². The number of nitrogens with zero attached hydrogens (tertiary/aromatic N) is 1. The Hall–Kier alpha value is -3.01. The molecule has 0 spiro atoms. The van der Waals surface area contributed by atoms with Crippen molar-refractivity contribution in [3.8, 4) is 5.75 Å². The molecule has 0 bridgehead atoms. The maximum Gasteiger partial charge on any atom is 0.343 e. The smallest absolute Gasteiger partial charge is 0.343 e. The summed E-state index contributed by atoms with van der Waals surface area (Å²) in [5.74, 6) is -0.766. The summed E-state index contributed by atoms with van der Waals surface area (Å²) in [4.78, 5) is 25.2. The summed E-state index contributed by atoms with van der Waals surface area (Å²) in [5, 5.41) is 2.76. The van der Waals surface area contributed by atoms with E-state index in [-0.39, 0.29) is 22.1 Å². The predicted molar refractivity (Wildman–Crippen MR) is 133 cm³/mol. The number of benzene rings is 3. The number of rotatable bonds is 6. The second kappa shape index (κ2) is 10.5. The van der Waals surface area contributed by atoms with Crippen molar-refractivity contribution in [2.75, 3.05) is 18.4 Å². The van der Waals surface area contributed by atoms with Crippen molar-refractivity contribution in [2.45, 2.75) is 24.2 Å². The number of nitrogens with one attached hydrogen (secondary N) is 1. The lowest BCUT2D eigenvalue weighted by Gasteiger charge is -2.26. The van der Waals surface area contributed by atoms with Gasteiger partial charge in [0.2, 0.25) is 10.0 Å². The van der Waals surface area contributed by atoms with Crippen LogP contribution in [0.1, 0.15) is 40.0 Å². The number of sulfonamides is 1. The molecule has 0 unspecified atom stereocenters. The van der Waals surface area contributed by atoms with Gasteiger partial charge in [-0.15, -0.1) is 0 Å². The third-order valence-corrected chi connectivity index (χ3v) is 8.33. The SMILES string of the molecule is O=C(Nc1cccc(OC(=O)c2ccc(Br)c(S(=O)(=O)N3CCCCC3)c2)c1)c1ccccc1. The highest BCUT2D eigenvalue weighted by atomic mass is 79.9. The second-order valence-corrected chi connectivity index (χ2v) is 10.6. The Kier molecular flexibility index (Phi) is 7.45. The normalized spacial score (nSPS) is 14.4. The van der Waals surface area contributed by atoms with Crippen LogP contribution in [-0.2, 0) is 10.0 Å². The van der Waals surface area contributed by atoms with Gasteiger partial charge in [-0.1, -0.05) is 30.7 Å². The zero-order valence-corrected chi connectivity index (χ0v) is 20.6. The Balaban J connectivity index is 1.50. The molecule has 1 fully saturated rings. The maximum atomic E-state index is 13.1. The number of carbonyl (C=O) groups excluding carboxylic acids is 2. The molecule has 1 aliphatic heterocycles. The summed E-state index contributed by atoms with van der Waals surface area (Å²) < 4.78 is 33.5. The van der Waals surface area contributed by atoms with Crippen LogP contribution in [-0.4, -0.2) is 37.7 Å². The van der Waals surface area contributed by atoms with Crippen LogP contribution in [0.25, 0.3) is 0 Å².